The van der Waals surface area contributed by atoms with E-state index in [4.69, 9.17) is 14.2 Å². The van der Waals surface area contributed by atoms with Gasteiger partial charge in [0.05, 0.1) is 28.4 Å². The summed E-state index contributed by atoms with van der Waals surface area (Å²) >= 11 is 0. The number of anilines is 1. The number of esters is 2. The topological polar surface area (TPSA) is 109 Å². The summed E-state index contributed by atoms with van der Waals surface area (Å²) in [6.45, 7) is -0.0894. The second-order valence-electron chi connectivity index (χ2n) is 6.38. The van der Waals surface area contributed by atoms with Gasteiger partial charge in [0.1, 0.15) is 18.1 Å². The van der Waals surface area contributed by atoms with Crippen molar-refractivity contribution in [1.82, 2.24) is 0 Å². The Hall–Kier alpha value is -3.75. The summed E-state index contributed by atoms with van der Waals surface area (Å²) in [5, 5.41) is 2.61. The molecule has 9 nitrogen and oxygen atoms in total. The molecule has 0 aromatic heterocycles. The van der Waals surface area contributed by atoms with Crippen molar-refractivity contribution in [1.29, 1.82) is 0 Å². The molecule has 0 heterocycles. The molecule has 0 saturated heterocycles. The third-order valence-electron chi connectivity index (χ3n) is 4.43. The van der Waals surface area contributed by atoms with Gasteiger partial charge in [-0.1, -0.05) is 12.1 Å². The third-order valence-corrected chi connectivity index (χ3v) is 4.43. The zero-order chi connectivity index (χ0) is 22.8. The first kappa shape index (κ1) is 23.5. The molecule has 0 saturated carbocycles. The number of rotatable bonds is 9. The maximum atomic E-state index is 12.2. The van der Waals surface area contributed by atoms with Crippen molar-refractivity contribution in [2.45, 2.75) is 13.0 Å². The number of hydrogen-bond donors (Lipinski definition) is 1. The van der Waals surface area contributed by atoms with Gasteiger partial charge in [0.25, 0.3) is 0 Å². The molecule has 2 aromatic carbocycles. The largest absolute Gasteiger partial charge is 0.497 e. The first-order valence-electron chi connectivity index (χ1n) is 9.31. The minimum absolute atomic E-state index is 0.0619. The van der Waals surface area contributed by atoms with Crippen molar-refractivity contribution in [3.8, 4) is 11.5 Å². The molecule has 0 aliphatic rings. The van der Waals surface area contributed by atoms with Gasteiger partial charge in [0.2, 0.25) is 0 Å². The lowest BCUT2D eigenvalue weighted by atomic mass is 9.97. The fourth-order valence-corrected chi connectivity index (χ4v) is 2.85. The molecule has 0 bridgehead atoms. The molecule has 2 aromatic rings. The molecule has 2 rings (SSSR count). The van der Waals surface area contributed by atoms with Crippen LogP contribution in [0.1, 0.15) is 11.1 Å². The highest BCUT2D eigenvalue weighted by Crippen LogP contribution is 2.24. The number of benzene rings is 2. The highest BCUT2D eigenvalue weighted by atomic mass is 16.6. The van der Waals surface area contributed by atoms with Crippen LogP contribution in [0.2, 0.25) is 0 Å². The second-order valence-corrected chi connectivity index (χ2v) is 6.38. The summed E-state index contributed by atoms with van der Waals surface area (Å²) in [6.07, 6.45) is -0.602. The van der Waals surface area contributed by atoms with Gasteiger partial charge in [0, 0.05) is 17.3 Å². The quantitative estimate of drug-likeness (QED) is 0.367. The number of carbonyl (C=O) groups is 3. The summed E-state index contributed by atoms with van der Waals surface area (Å²) in [5.41, 5.74) is 1.73. The van der Waals surface area contributed by atoms with E-state index in [-0.39, 0.29) is 13.0 Å². The van der Waals surface area contributed by atoms with Gasteiger partial charge in [-0.2, -0.15) is 0 Å². The predicted molar refractivity (Wildman–Crippen MR) is 111 cm³/mol. The molecule has 0 fully saturated rings. The molecular weight excluding hydrogens is 406 g/mol. The Kier molecular flexibility index (Phi) is 8.68. The van der Waals surface area contributed by atoms with Crippen LogP contribution in [-0.2, 0) is 36.8 Å². The number of hydrogen-bond acceptors (Lipinski definition) is 8. The normalized spacial score (nSPS) is 10.2. The smallest absolute Gasteiger partial charge is 0.411 e. The van der Waals surface area contributed by atoms with Crippen LogP contribution in [0.4, 0.5) is 10.5 Å². The highest BCUT2D eigenvalue weighted by Gasteiger charge is 2.29. The van der Waals surface area contributed by atoms with E-state index in [0.29, 0.717) is 28.3 Å². The fourth-order valence-electron chi connectivity index (χ4n) is 2.85. The summed E-state index contributed by atoms with van der Waals surface area (Å²) in [6, 6.07) is 11.9. The first-order chi connectivity index (χ1) is 14.9. The molecule has 166 valence electrons. The van der Waals surface area contributed by atoms with E-state index in [1.165, 1.54) is 28.4 Å². The number of methoxy groups -OCH3 is 4. The summed E-state index contributed by atoms with van der Waals surface area (Å²) < 4.78 is 25.1. The van der Waals surface area contributed by atoms with Crippen molar-refractivity contribution in [3.05, 3.63) is 53.6 Å². The monoisotopic (exact) mass is 431 g/mol. The lowest BCUT2D eigenvalue weighted by Gasteiger charge is -2.15. The fraction of sp³-hybridized carbons (Fsp3) is 0.318. The SMILES string of the molecule is COC(=O)C(Cc1ccc(OC)c(COC(=O)Nc2cccc(OC)c2)c1)C(=O)OC. The van der Waals surface area contributed by atoms with Crippen LogP contribution >= 0.6 is 0 Å². The molecular formula is C22H25NO8. The second kappa shape index (κ2) is 11.4. The Morgan fingerprint density at radius 3 is 2.23 bits per heavy atom. The van der Waals surface area contributed by atoms with E-state index in [2.05, 4.69) is 14.8 Å². The molecule has 0 aliphatic carbocycles. The Bertz CT molecular complexity index is 911. The van der Waals surface area contributed by atoms with Gasteiger partial charge in [0.15, 0.2) is 5.92 Å². The van der Waals surface area contributed by atoms with Crippen molar-refractivity contribution in [2.24, 2.45) is 5.92 Å². The third kappa shape index (κ3) is 6.63. The Balaban J connectivity index is 2.10. The van der Waals surface area contributed by atoms with Crippen molar-refractivity contribution in [3.63, 3.8) is 0 Å². The van der Waals surface area contributed by atoms with E-state index in [0.717, 1.165) is 0 Å². The van der Waals surface area contributed by atoms with Crippen molar-refractivity contribution >= 4 is 23.7 Å². The molecule has 1 N–H and O–H groups in total. The number of nitrogens with one attached hydrogen (secondary N) is 1. The number of ether oxygens (including phenoxy) is 5. The van der Waals surface area contributed by atoms with Gasteiger partial charge in [-0.05, 0) is 36.2 Å². The molecule has 0 radical (unpaired) electrons. The van der Waals surface area contributed by atoms with Crippen molar-refractivity contribution < 1.29 is 38.1 Å². The number of carbonyl (C=O) groups excluding carboxylic acids is 3. The maximum absolute atomic E-state index is 12.2. The molecule has 0 spiro atoms. The molecule has 9 heteroatoms. The summed E-state index contributed by atoms with van der Waals surface area (Å²) in [7, 11) is 5.42. The van der Waals surface area contributed by atoms with Crippen molar-refractivity contribution in [2.75, 3.05) is 33.8 Å². The van der Waals surface area contributed by atoms with E-state index in [1.807, 2.05) is 0 Å². The predicted octanol–water partition coefficient (Wildman–Crippen LogP) is 2.96. The average molecular weight is 431 g/mol. The summed E-state index contributed by atoms with van der Waals surface area (Å²) in [4.78, 5) is 36.0. The lowest BCUT2D eigenvalue weighted by Crippen LogP contribution is -2.28. The van der Waals surface area contributed by atoms with E-state index in [9.17, 15) is 14.4 Å². The summed E-state index contributed by atoms with van der Waals surface area (Å²) in [5.74, 6) is -1.41. The number of amides is 1. The Morgan fingerprint density at radius 2 is 1.61 bits per heavy atom. The zero-order valence-electron chi connectivity index (χ0n) is 17.8. The van der Waals surface area contributed by atoms with E-state index >= 15 is 0 Å². The first-order valence-corrected chi connectivity index (χ1v) is 9.31. The Labute approximate surface area is 180 Å². The molecule has 31 heavy (non-hydrogen) atoms. The minimum Gasteiger partial charge on any atom is -0.497 e. The van der Waals surface area contributed by atoms with E-state index < -0.39 is 23.9 Å². The van der Waals surface area contributed by atoms with Gasteiger partial charge >= 0.3 is 18.0 Å². The maximum Gasteiger partial charge on any atom is 0.411 e. The minimum atomic E-state index is -1.10. The van der Waals surface area contributed by atoms with Crippen LogP contribution < -0.4 is 14.8 Å². The molecule has 0 atom stereocenters. The molecule has 0 aliphatic heterocycles. The van der Waals surface area contributed by atoms with Gasteiger partial charge in [-0.3, -0.25) is 14.9 Å². The molecule has 1 amide bonds. The molecule has 0 unspecified atom stereocenters. The van der Waals surface area contributed by atoms with E-state index in [1.54, 1.807) is 42.5 Å². The van der Waals surface area contributed by atoms with Crippen LogP contribution in [0.3, 0.4) is 0 Å². The van der Waals surface area contributed by atoms with Crippen LogP contribution in [0.5, 0.6) is 11.5 Å². The van der Waals surface area contributed by atoms with Gasteiger partial charge in [-0.15, -0.1) is 0 Å². The highest BCUT2D eigenvalue weighted by molar-refractivity contribution is 5.95. The van der Waals surface area contributed by atoms with Crippen LogP contribution in [0.15, 0.2) is 42.5 Å². The van der Waals surface area contributed by atoms with Gasteiger partial charge < -0.3 is 23.7 Å². The standard InChI is InChI=1S/C22H25NO8/c1-27-17-7-5-6-16(12-17)23-22(26)31-13-15-10-14(8-9-19(15)28-2)11-18(20(24)29-3)21(25)30-4/h5-10,12,18H,11,13H2,1-4H3,(H,23,26). The van der Waals surface area contributed by atoms with Crippen LogP contribution in [0.25, 0.3) is 0 Å². The van der Waals surface area contributed by atoms with Gasteiger partial charge in [-0.25, -0.2) is 4.79 Å². The Morgan fingerprint density at radius 1 is 0.903 bits per heavy atom. The van der Waals surface area contributed by atoms with Crippen LogP contribution in [0, 0.1) is 5.92 Å². The average Bonchev–Trinajstić information content (AvgIpc) is 2.80. The lowest BCUT2D eigenvalue weighted by molar-refractivity contribution is -0.158. The zero-order valence-corrected chi connectivity index (χ0v) is 17.8. The van der Waals surface area contributed by atoms with Crippen LogP contribution in [-0.4, -0.2) is 46.5 Å².